The second kappa shape index (κ2) is 8.85. The normalized spacial score (nSPS) is 15.2. The van der Waals surface area contributed by atoms with E-state index >= 15 is 0 Å². The van der Waals surface area contributed by atoms with Crippen LogP contribution in [-0.4, -0.2) is 41.1 Å². The summed E-state index contributed by atoms with van der Waals surface area (Å²) in [5, 5.41) is 2.56. The van der Waals surface area contributed by atoms with Crippen LogP contribution in [0.2, 0.25) is 0 Å². The van der Waals surface area contributed by atoms with Gasteiger partial charge >= 0.3 is 12.0 Å². The molecule has 1 aliphatic heterocycles. The van der Waals surface area contributed by atoms with Crippen LogP contribution >= 0.6 is 15.9 Å². The van der Waals surface area contributed by atoms with Gasteiger partial charge in [-0.1, -0.05) is 28.1 Å². The van der Waals surface area contributed by atoms with Crippen molar-refractivity contribution in [3.63, 3.8) is 0 Å². The Balaban J connectivity index is 1.65. The first-order chi connectivity index (χ1) is 13.5. The number of urea groups is 1. The lowest BCUT2D eigenvalue weighted by atomic mass is 10.2. The largest absolute Gasteiger partial charge is 0.450 e. The molecule has 1 fully saturated rings. The summed E-state index contributed by atoms with van der Waals surface area (Å²) in [7, 11) is 0. The van der Waals surface area contributed by atoms with E-state index in [-0.39, 0.29) is 25.4 Å². The van der Waals surface area contributed by atoms with E-state index in [1.165, 1.54) is 0 Å². The number of carbonyl (C=O) groups excluding carboxylic acids is 3. The molecule has 0 atom stereocenters. The number of rotatable bonds is 7. The van der Waals surface area contributed by atoms with Gasteiger partial charge in [0.15, 0.2) is 0 Å². The van der Waals surface area contributed by atoms with Crippen molar-refractivity contribution < 1.29 is 19.1 Å². The van der Waals surface area contributed by atoms with Crippen molar-refractivity contribution in [2.45, 2.75) is 12.8 Å². The second-order valence-electron chi connectivity index (χ2n) is 6.07. The van der Waals surface area contributed by atoms with Gasteiger partial charge in [0.1, 0.15) is 12.4 Å². The number of amides is 3. The van der Waals surface area contributed by atoms with Crippen LogP contribution in [0.5, 0.6) is 0 Å². The number of H-pyrrole nitrogens is 1. The zero-order valence-corrected chi connectivity index (χ0v) is 16.5. The summed E-state index contributed by atoms with van der Waals surface area (Å²) in [4.78, 5) is 40.1. The van der Waals surface area contributed by atoms with Crippen molar-refractivity contribution in [3.05, 3.63) is 52.3 Å². The van der Waals surface area contributed by atoms with Crippen molar-refractivity contribution in [3.8, 4) is 11.3 Å². The molecule has 0 spiro atoms. The Bertz CT molecular complexity index is 920. The van der Waals surface area contributed by atoms with Gasteiger partial charge in [-0.3, -0.25) is 20.2 Å². The van der Waals surface area contributed by atoms with Gasteiger partial charge in [-0.05, 0) is 42.3 Å². The molecule has 8 nitrogen and oxygen atoms in total. The fourth-order valence-electron chi connectivity index (χ4n) is 2.77. The molecule has 0 bridgehead atoms. The Labute approximate surface area is 169 Å². The molecule has 2 heterocycles. The summed E-state index contributed by atoms with van der Waals surface area (Å²) in [6, 6.07) is 11.0. The fourth-order valence-corrected chi connectivity index (χ4v) is 3.04. The smallest absolute Gasteiger partial charge is 0.329 e. The van der Waals surface area contributed by atoms with Crippen LogP contribution in [0, 0.1) is 0 Å². The minimum atomic E-state index is -0.511. The lowest BCUT2D eigenvalue weighted by Gasteiger charge is -2.10. The molecule has 1 aromatic carbocycles. The molecule has 9 heteroatoms. The number of imide groups is 1. The number of nitrogens with two attached hydrogens (primary N) is 1. The van der Waals surface area contributed by atoms with Crippen LogP contribution in [-0.2, 0) is 14.3 Å². The third-order valence-electron chi connectivity index (χ3n) is 4.13. The van der Waals surface area contributed by atoms with Crippen LogP contribution in [0.3, 0.4) is 0 Å². The third kappa shape index (κ3) is 4.68. The van der Waals surface area contributed by atoms with Crippen molar-refractivity contribution in [2.75, 3.05) is 13.3 Å². The van der Waals surface area contributed by atoms with Crippen molar-refractivity contribution in [2.24, 2.45) is 5.73 Å². The lowest BCUT2D eigenvalue weighted by molar-refractivity contribution is -0.143. The molecule has 146 valence electrons. The van der Waals surface area contributed by atoms with Gasteiger partial charge in [0.2, 0.25) is 0 Å². The minimum absolute atomic E-state index is 0.0838. The Kier molecular flexibility index (Phi) is 6.27. The molecular weight excluding hydrogens is 428 g/mol. The van der Waals surface area contributed by atoms with Crippen molar-refractivity contribution in [1.82, 2.24) is 15.2 Å². The molecule has 1 saturated heterocycles. The zero-order chi connectivity index (χ0) is 20.1. The predicted octanol–water partition coefficient (Wildman–Crippen LogP) is 2.58. The Morgan fingerprint density at radius 2 is 1.93 bits per heavy atom. The first-order valence-electron chi connectivity index (χ1n) is 8.63. The van der Waals surface area contributed by atoms with Gasteiger partial charge < -0.3 is 15.0 Å². The summed E-state index contributed by atoms with van der Waals surface area (Å²) in [5.74, 6) is -0.894. The number of nitrogens with one attached hydrogen (secondary N) is 2. The number of esters is 1. The number of hydrogen-bond acceptors (Lipinski definition) is 5. The molecule has 1 aromatic heterocycles. The van der Waals surface area contributed by atoms with E-state index in [4.69, 9.17) is 5.73 Å². The van der Waals surface area contributed by atoms with E-state index in [1.807, 2.05) is 36.4 Å². The maximum absolute atomic E-state index is 12.5. The molecule has 28 heavy (non-hydrogen) atoms. The average Bonchev–Trinajstić information content (AvgIpc) is 3.23. The van der Waals surface area contributed by atoms with Gasteiger partial charge in [0.25, 0.3) is 5.91 Å². The van der Waals surface area contributed by atoms with E-state index < -0.39 is 17.9 Å². The molecule has 0 radical (unpaired) electrons. The van der Waals surface area contributed by atoms with Crippen LogP contribution in [0.25, 0.3) is 17.3 Å². The monoisotopic (exact) mass is 446 g/mol. The topological polar surface area (TPSA) is 118 Å². The van der Waals surface area contributed by atoms with E-state index in [9.17, 15) is 14.4 Å². The standard InChI is InChI=1S/C19H19BrN4O4/c20-13-5-3-12(4-6-13)15-8-7-14(22-15)10-16-18(26)24(19(27)23-16)9-1-2-17(25)28-11-21/h3-8,10,22H,1-2,9,11,21H2,(H,23,27)/b16-10-. The second-order valence-corrected chi connectivity index (χ2v) is 6.98. The number of halogens is 1. The Hall–Kier alpha value is -2.91. The fraction of sp³-hybridized carbons (Fsp3) is 0.211. The van der Waals surface area contributed by atoms with Crippen LogP contribution in [0.1, 0.15) is 18.5 Å². The van der Waals surface area contributed by atoms with E-state index in [0.29, 0.717) is 12.1 Å². The number of benzene rings is 1. The predicted molar refractivity (Wildman–Crippen MR) is 107 cm³/mol. The summed E-state index contributed by atoms with van der Waals surface area (Å²) >= 11 is 3.40. The molecule has 0 unspecified atom stereocenters. The van der Waals surface area contributed by atoms with Gasteiger partial charge in [0, 0.05) is 28.8 Å². The lowest BCUT2D eigenvalue weighted by Crippen LogP contribution is -2.32. The number of aromatic amines is 1. The van der Waals surface area contributed by atoms with E-state index in [0.717, 1.165) is 20.6 Å². The highest BCUT2D eigenvalue weighted by atomic mass is 79.9. The number of carbonyl (C=O) groups is 3. The highest BCUT2D eigenvalue weighted by Crippen LogP contribution is 2.22. The molecule has 3 rings (SSSR count). The van der Waals surface area contributed by atoms with Crippen LogP contribution < -0.4 is 11.1 Å². The minimum Gasteiger partial charge on any atom is -0.450 e. The molecule has 4 N–H and O–H groups in total. The first-order valence-corrected chi connectivity index (χ1v) is 9.42. The SMILES string of the molecule is NCOC(=O)CCCN1C(=O)N/C(=C\c2ccc(-c3ccc(Br)cc3)[nH]2)C1=O. The zero-order valence-electron chi connectivity index (χ0n) is 14.9. The van der Waals surface area contributed by atoms with Gasteiger partial charge in [-0.2, -0.15) is 0 Å². The van der Waals surface area contributed by atoms with Crippen LogP contribution in [0.4, 0.5) is 4.79 Å². The van der Waals surface area contributed by atoms with E-state index in [1.54, 1.807) is 6.08 Å². The Morgan fingerprint density at radius 1 is 1.18 bits per heavy atom. The molecule has 0 aliphatic carbocycles. The van der Waals surface area contributed by atoms with Gasteiger partial charge in [-0.25, -0.2) is 4.79 Å². The highest BCUT2D eigenvalue weighted by Gasteiger charge is 2.33. The molecule has 0 saturated carbocycles. The quantitative estimate of drug-likeness (QED) is 0.261. The first kappa shape index (κ1) is 19.8. The van der Waals surface area contributed by atoms with Gasteiger partial charge in [0.05, 0.1) is 0 Å². The van der Waals surface area contributed by atoms with Gasteiger partial charge in [-0.15, -0.1) is 0 Å². The number of nitrogens with zero attached hydrogens (tertiary/aromatic N) is 1. The number of hydrogen-bond donors (Lipinski definition) is 3. The van der Waals surface area contributed by atoms with Crippen molar-refractivity contribution >= 4 is 39.9 Å². The molecule has 2 aromatic rings. The summed E-state index contributed by atoms with van der Waals surface area (Å²) < 4.78 is 5.61. The number of ether oxygens (including phenoxy) is 1. The maximum atomic E-state index is 12.5. The number of aromatic nitrogens is 1. The van der Waals surface area contributed by atoms with Crippen molar-refractivity contribution in [1.29, 1.82) is 0 Å². The Morgan fingerprint density at radius 3 is 2.64 bits per heavy atom. The summed E-state index contributed by atoms with van der Waals surface area (Å²) in [5.41, 5.74) is 7.88. The molecule has 1 aliphatic rings. The summed E-state index contributed by atoms with van der Waals surface area (Å²) in [6.45, 7) is -0.0657. The van der Waals surface area contributed by atoms with E-state index in [2.05, 4.69) is 31.0 Å². The molecular formula is C19H19BrN4O4. The highest BCUT2D eigenvalue weighted by molar-refractivity contribution is 9.10. The molecule has 3 amide bonds. The van der Waals surface area contributed by atoms with Crippen LogP contribution in [0.15, 0.2) is 46.6 Å². The average molecular weight is 447 g/mol. The third-order valence-corrected chi connectivity index (χ3v) is 4.66. The maximum Gasteiger partial charge on any atom is 0.329 e. The summed E-state index contributed by atoms with van der Waals surface area (Å²) in [6.07, 6.45) is 1.98.